The van der Waals surface area contributed by atoms with Gasteiger partial charge in [0.15, 0.2) is 0 Å². The zero-order chi connectivity index (χ0) is 11.7. The Hall–Kier alpha value is -0.220. The maximum absolute atomic E-state index is 11.9. The summed E-state index contributed by atoms with van der Waals surface area (Å²) in [6, 6.07) is 0. The molecule has 0 aromatic carbocycles. The second-order valence-electron chi connectivity index (χ2n) is 4.44. The Bertz CT molecular complexity index is 141. The zero-order valence-electron chi connectivity index (χ0n) is 10.1. The average Bonchev–Trinajstić information content (AvgIpc) is 2.09. The van der Waals surface area contributed by atoms with Crippen molar-refractivity contribution in [3.05, 3.63) is 0 Å². The number of nitrogens with one attached hydrogen (secondary N) is 1. The van der Waals surface area contributed by atoms with Crippen molar-refractivity contribution in [3.63, 3.8) is 0 Å². The van der Waals surface area contributed by atoms with E-state index < -0.39 is 6.43 Å². The van der Waals surface area contributed by atoms with E-state index in [1.165, 1.54) is 6.42 Å². The molecular weight excluding hydrogens is 198 g/mol. The number of hydrogen-bond acceptors (Lipinski definition) is 2. The third-order valence-electron chi connectivity index (χ3n) is 2.26. The third-order valence-corrected chi connectivity index (χ3v) is 2.26. The summed E-state index contributed by atoms with van der Waals surface area (Å²) in [6.45, 7) is 6.74. The highest BCUT2D eigenvalue weighted by Gasteiger charge is 2.06. The van der Waals surface area contributed by atoms with Crippen LogP contribution in [0.15, 0.2) is 0 Å². The Balaban J connectivity index is 3.16. The molecule has 2 nitrogen and oxygen atoms in total. The van der Waals surface area contributed by atoms with Crippen LogP contribution < -0.4 is 5.32 Å². The fraction of sp³-hybridized carbons (Fsp3) is 1.00. The predicted octanol–water partition coefficient (Wildman–Crippen LogP) is 2.21. The van der Waals surface area contributed by atoms with Crippen LogP contribution in [0.5, 0.6) is 0 Å². The quantitative estimate of drug-likeness (QED) is 0.602. The molecule has 92 valence electrons. The van der Waals surface area contributed by atoms with Crippen molar-refractivity contribution in [1.29, 1.82) is 0 Å². The molecule has 0 amide bonds. The molecule has 0 atom stereocenters. The first-order valence-corrected chi connectivity index (χ1v) is 5.69. The fourth-order valence-electron chi connectivity index (χ4n) is 1.36. The minimum Gasteiger partial charge on any atom is -0.315 e. The van der Waals surface area contributed by atoms with E-state index in [9.17, 15) is 8.78 Å². The number of halogens is 2. The van der Waals surface area contributed by atoms with Gasteiger partial charge in [-0.3, -0.25) is 4.90 Å². The first-order valence-electron chi connectivity index (χ1n) is 5.69. The van der Waals surface area contributed by atoms with E-state index in [-0.39, 0.29) is 6.54 Å². The van der Waals surface area contributed by atoms with Gasteiger partial charge in [0.25, 0.3) is 6.43 Å². The smallest absolute Gasteiger partial charge is 0.251 e. The van der Waals surface area contributed by atoms with Crippen molar-refractivity contribution >= 4 is 0 Å². The molecule has 0 spiro atoms. The van der Waals surface area contributed by atoms with E-state index in [2.05, 4.69) is 19.2 Å². The van der Waals surface area contributed by atoms with Gasteiger partial charge >= 0.3 is 0 Å². The lowest BCUT2D eigenvalue weighted by atomic mass is 10.1. The number of alkyl halides is 2. The molecule has 1 N–H and O–H groups in total. The molecule has 15 heavy (non-hydrogen) atoms. The lowest BCUT2D eigenvalue weighted by Gasteiger charge is -2.16. The van der Waals surface area contributed by atoms with Crippen LogP contribution in [-0.4, -0.2) is 44.6 Å². The lowest BCUT2D eigenvalue weighted by molar-refractivity contribution is 0.101. The minimum absolute atomic E-state index is 0.131. The van der Waals surface area contributed by atoms with E-state index >= 15 is 0 Å². The van der Waals surface area contributed by atoms with Crippen LogP contribution >= 0.6 is 0 Å². The topological polar surface area (TPSA) is 15.3 Å². The van der Waals surface area contributed by atoms with Crippen molar-refractivity contribution < 1.29 is 8.78 Å². The maximum Gasteiger partial charge on any atom is 0.251 e. The first-order chi connectivity index (χ1) is 7.02. The molecule has 0 fully saturated rings. The van der Waals surface area contributed by atoms with Gasteiger partial charge in [0.2, 0.25) is 0 Å². The molecule has 0 aromatic rings. The Morgan fingerprint density at radius 3 is 2.40 bits per heavy atom. The molecule has 0 heterocycles. The third kappa shape index (κ3) is 11.7. The number of nitrogens with zero attached hydrogens (tertiary/aromatic N) is 1. The summed E-state index contributed by atoms with van der Waals surface area (Å²) in [5.41, 5.74) is 0. The molecule has 0 aliphatic heterocycles. The largest absolute Gasteiger partial charge is 0.315 e. The molecule has 0 radical (unpaired) electrons. The van der Waals surface area contributed by atoms with E-state index in [0.29, 0.717) is 6.54 Å². The van der Waals surface area contributed by atoms with Crippen molar-refractivity contribution in [2.75, 3.05) is 33.2 Å². The molecule has 0 aliphatic carbocycles. The van der Waals surface area contributed by atoms with Gasteiger partial charge in [-0.25, -0.2) is 8.78 Å². The van der Waals surface area contributed by atoms with Gasteiger partial charge in [-0.2, -0.15) is 0 Å². The highest BCUT2D eigenvalue weighted by molar-refractivity contribution is 4.56. The molecule has 4 heteroatoms. The van der Waals surface area contributed by atoms with Crippen LogP contribution in [-0.2, 0) is 0 Å². The van der Waals surface area contributed by atoms with E-state index in [1.807, 2.05) is 0 Å². The Morgan fingerprint density at radius 2 is 1.87 bits per heavy atom. The van der Waals surface area contributed by atoms with Crippen LogP contribution in [0.25, 0.3) is 0 Å². The number of hydrogen-bond donors (Lipinski definition) is 1. The minimum atomic E-state index is -2.23. The summed E-state index contributed by atoms with van der Waals surface area (Å²) < 4.78 is 23.9. The molecule has 0 saturated heterocycles. The Morgan fingerprint density at radius 1 is 1.20 bits per heavy atom. The van der Waals surface area contributed by atoms with Gasteiger partial charge in [-0.1, -0.05) is 13.8 Å². The normalized spacial score (nSPS) is 12.0. The maximum atomic E-state index is 11.9. The molecule has 0 bridgehead atoms. The second-order valence-corrected chi connectivity index (χ2v) is 4.44. The summed E-state index contributed by atoms with van der Waals surface area (Å²) in [7, 11) is 1.72. The molecule has 0 unspecified atom stereocenters. The highest BCUT2D eigenvalue weighted by atomic mass is 19.3. The van der Waals surface area contributed by atoms with Crippen molar-refractivity contribution in [2.24, 2.45) is 5.92 Å². The van der Waals surface area contributed by atoms with Crippen LogP contribution in [0.2, 0.25) is 0 Å². The van der Waals surface area contributed by atoms with Crippen LogP contribution in [0.4, 0.5) is 8.78 Å². The van der Waals surface area contributed by atoms with E-state index in [0.717, 1.165) is 25.4 Å². The summed E-state index contributed by atoms with van der Waals surface area (Å²) in [6.07, 6.45) is 0.159. The van der Waals surface area contributed by atoms with Gasteiger partial charge in [-0.05, 0) is 32.4 Å². The monoisotopic (exact) mass is 222 g/mol. The van der Waals surface area contributed by atoms with Crippen LogP contribution in [0.1, 0.15) is 26.7 Å². The Labute approximate surface area is 92.0 Å². The van der Waals surface area contributed by atoms with Gasteiger partial charge in [-0.15, -0.1) is 0 Å². The SMILES string of the molecule is CC(C)CCCNCCN(C)CC(F)F. The fourth-order valence-corrected chi connectivity index (χ4v) is 1.36. The standard InChI is InChI=1S/C11H24F2N2/c1-10(2)5-4-6-14-7-8-15(3)9-11(12)13/h10-11,14H,4-9H2,1-3H3. The summed E-state index contributed by atoms with van der Waals surface area (Å²) in [5.74, 6) is 0.744. The molecule has 0 saturated carbocycles. The van der Waals surface area contributed by atoms with E-state index in [1.54, 1.807) is 11.9 Å². The van der Waals surface area contributed by atoms with Crippen molar-refractivity contribution in [1.82, 2.24) is 10.2 Å². The van der Waals surface area contributed by atoms with Crippen molar-refractivity contribution in [2.45, 2.75) is 33.1 Å². The average molecular weight is 222 g/mol. The molecule has 0 rings (SSSR count). The molecule has 0 aromatic heterocycles. The summed E-state index contributed by atoms with van der Waals surface area (Å²) in [4.78, 5) is 1.65. The highest BCUT2D eigenvalue weighted by Crippen LogP contribution is 2.01. The second kappa shape index (κ2) is 9.04. The van der Waals surface area contributed by atoms with Gasteiger partial charge in [0, 0.05) is 13.1 Å². The zero-order valence-corrected chi connectivity index (χ0v) is 10.1. The first kappa shape index (κ1) is 14.8. The lowest BCUT2D eigenvalue weighted by Crippen LogP contribution is -2.32. The van der Waals surface area contributed by atoms with Crippen LogP contribution in [0.3, 0.4) is 0 Å². The van der Waals surface area contributed by atoms with Crippen molar-refractivity contribution in [3.8, 4) is 0 Å². The molecule has 0 aliphatic rings. The number of likely N-dealkylation sites (N-methyl/N-ethyl adjacent to an activating group) is 1. The molecular formula is C11H24F2N2. The predicted molar refractivity (Wildman–Crippen MR) is 60.4 cm³/mol. The van der Waals surface area contributed by atoms with Gasteiger partial charge in [0.05, 0.1) is 6.54 Å². The van der Waals surface area contributed by atoms with Gasteiger partial charge in [0.1, 0.15) is 0 Å². The van der Waals surface area contributed by atoms with Gasteiger partial charge < -0.3 is 5.32 Å². The summed E-state index contributed by atoms with van der Waals surface area (Å²) >= 11 is 0. The summed E-state index contributed by atoms with van der Waals surface area (Å²) in [5, 5.41) is 3.26. The number of rotatable bonds is 9. The van der Waals surface area contributed by atoms with E-state index in [4.69, 9.17) is 0 Å². The Kier molecular flexibility index (Phi) is 8.91. The van der Waals surface area contributed by atoms with Crippen LogP contribution in [0, 0.1) is 5.92 Å².